The van der Waals surface area contributed by atoms with E-state index < -0.39 is 5.41 Å². The molecule has 1 atom stereocenters. The van der Waals surface area contributed by atoms with Crippen molar-refractivity contribution < 1.29 is 9.53 Å². The number of nitrogens with zero attached hydrogens (tertiary/aromatic N) is 1. The van der Waals surface area contributed by atoms with Crippen molar-refractivity contribution in [3.05, 3.63) is 16.6 Å². The molecule has 17 heavy (non-hydrogen) atoms. The molecule has 0 aromatic carbocycles. The van der Waals surface area contributed by atoms with E-state index in [1.807, 2.05) is 26.2 Å². The number of hydrogen-bond acceptors (Lipinski definition) is 5. The highest BCUT2D eigenvalue weighted by molar-refractivity contribution is 7.09. The van der Waals surface area contributed by atoms with Crippen LogP contribution in [0, 0.1) is 11.3 Å². The van der Waals surface area contributed by atoms with Gasteiger partial charge in [0.1, 0.15) is 0 Å². The molecule has 1 unspecified atom stereocenters. The third-order valence-electron chi connectivity index (χ3n) is 3.10. The van der Waals surface area contributed by atoms with E-state index >= 15 is 0 Å². The van der Waals surface area contributed by atoms with E-state index in [0.717, 1.165) is 5.01 Å². The Morgan fingerprint density at radius 1 is 1.65 bits per heavy atom. The topological polar surface area (TPSA) is 65.2 Å². The van der Waals surface area contributed by atoms with E-state index in [0.29, 0.717) is 13.0 Å². The average molecular weight is 256 g/mol. The summed E-state index contributed by atoms with van der Waals surface area (Å²) in [6, 6.07) is 0. The summed E-state index contributed by atoms with van der Waals surface area (Å²) >= 11 is 1.54. The lowest BCUT2D eigenvalue weighted by molar-refractivity contribution is -0.157. The first kappa shape index (κ1) is 14.1. The molecule has 2 N–H and O–H groups in total. The summed E-state index contributed by atoms with van der Waals surface area (Å²) < 4.78 is 5.17. The predicted molar refractivity (Wildman–Crippen MR) is 68.8 cm³/mol. The maximum absolute atomic E-state index is 12.1. The van der Waals surface area contributed by atoms with Crippen LogP contribution in [0.3, 0.4) is 0 Å². The van der Waals surface area contributed by atoms with Gasteiger partial charge in [0, 0.05) is 24.5 Å². The molecule has 0 radical (unpaired) electrons. The van der Waals surface area contributed by atoms with Crippen LogP contribution < -0.4 is 5.73 Å². The van der Waals surface area contributed by atoms with E-state index in [-0.39, 0.29) is 18.4 Å². The largest absolute Gasteiger partial charge is 0.466 e. The second-order valence-corrected chi connectivity index (χ2v) is 5.32. The minimum absolute atomic E-state index is 0.121. The van der Waals surface area contributed by atoms with Gasteiger partial charge in [-0.15, -0.1) is 11.3 Å². The third-order valence-corrected chi connectivity index (χ3v) is 3.88. The number of nitrogens with two attached hydrogens (primary N) is 1. The Hall–Kier alpha value is -0.940. The van der Waals surface area contributed by atoms with Crippen molar-refractivity contribution in [3.63, 3.8) is 0 Å². The maximum Gasteiger partial charge on any atom is 0.314 e. The molecule has 0 bridgehead atoms. The fraction of sp³-hybridized carbons (Fsp3) is 0.667. The zero-order chi connectivity index (χ0) is 12.9. The standard InChI is InChI=1S/C12H20N2O2S/c1-4-16-11(15)12(8-13,9(2)3)7-10-14-5-6-17-10/h5-6,9H,4,7-8,13H2,1-3H3. The summed E-state index contributed by atoms with van der Waals surface area (Å²) in [5.41, 5.74) is 5.17. The highest BCUT2D eigenvalue weighted by Crippen LogP contribution is 2.33. The van der Waals surface area contributed by atoms with Crippen LogP contribution in [-0.2, 0) is 16.0 Å². The van der Waals surface area contributed by atoms with Gasteiger partial charge < -0.3 is 10.5 Å². The van der Waals surface area contributed by atoms with Gasteiger partial charge in [-0.25, -0.2) is 4.98 Å². The van der Waals surface area contributed by atoms with Gasteiger partial charge in [0.2, 0.25) is 0 Å². The van der Waals surface area contributed by atoms with Gasteiger partial charge in [0.15, 0.2) is 0 Å². The van der Waals surface area contributed by atoms with Crippen molar-refractivity contribution in [2.24, 2.45) is 17.1 Å². The quantitative estimate of drug-likeness (QED) is 0.789. The lowest BCUT2D eigenvalue weighted by atomic mass is 9.74. The first-order chi connectivity index (χ1) is 8.06. The number of carbonyl (C=O) groups excluding carboxylic acids is 1. The maximum atomic E-state index is 12.1. The van der Waals surface area contributed by atoms with Gasteiger partial charge in [-0.1, -0.05) is 13.8 Å². The van der Waals surface area contributed by atoms with Gasteiger partial charge in [-0.3, -0.25) is 4.79 Å². The highest BCUT2D eigenvalue weighted by atomic mass is 32.1. The number of esters is 1. The second-order valence-electron chi connectivity index (χ2n) is 4.34. The zero-order valence-corrected chi connectivity index (χ0v) is 11.4. The summed E-state index contributed by atoms with van der Waals surface area (Å²) in [5, 5.41) is 2.83. The minimum Gasteiger partial charge on any atom is -0.466 e. The van der Waals surface area contributed by atoms with Gasteiger partial charge in [-0.2, -0.15) is 0 Å². The Balaban J connectivity index is 2.96. The summed E-state index contributed by atoms with van der Waals surface area (Å²) in [7, 11) is 0. The van der Waals surface area contributed by atoms with Crippen LogP contribution >= 0.6 is 11.3 Å². The fourth-order valence-corrected chi connectivity index (χ4v) is 2.53. The molecule has 0 aliphatic rings. The number of carbonyl (C=O) groups is 1. The molecular weight excluding hydrogens is 236 g/mol. The molecule has 1 aromatic rings. The molecule has 0 aliphatic heterocycles. The lowest BCUT2D eigenvalue weighted by Crippen LogP contribution is -2.46. The molecule has 96 valence electrons. The van der Waals surface area contributed by atoms with Crippen molar-refractivity contribution in [1.29, 1.82) is 0 Å². The molecule has 0 saturated heterocycles. The average Bonchev–Trinajstić information content (AvgIpc) is 2.78. The molecule has 0 saturated carbocycles. The van der Waals surface area contributed by atoms with E-state index in [1.165, 1.54) is 0 Å². The first-order valence-electron chi connectivity index (χ1n) is 5.82. The Morgan fingerprint density at radius 3 is 2.76 bits per heavy atom. The molecule has 4 nitrogen and oxygen atoms in total. The van der Waals surface area contributed by atoms with Crippen LogP contribution in [0.1, 0.15) is 25.8 Å². The molecule has 1 heterocycles. The van der Waals surface area contributed by atoms with Gasteiger partial charge >= 0.3 is 5.97 Å². The summed E-state index contributed by atoms with van der Waals surface area (Å²) in [6.07, 6.45) is 2.30. The van der Waals surface area contributed by atoms with Crippen LogP contribution in [0.4, 0.5) is 0 Å². The monoisotopic (exact) mass is 256 g/mol. The van der Waals surface area contributed by atoms with Crippen LogP contribution in [0.5, 0.6) is 0 Å². The highest BCUT2D eigenvalue weighted by Gasteiger charge is 2.42. The second kappa shape index (κ2) is 6.12. The van der Waals surface area contributed by atoms with Crippen molar-refractivity contribution in [1.82, 2.24) is 4.98 Å². The molecule has 0 aliphatic carbocycles. The molecule has 1 rings (SSSR count). The van der Waals surface area contributed by atoms with Crippen molar-refractivity contribution in [2.45, 2.75) is 27.2 Å². The van der Waals surface area contributed by atoms with Crippen LogP contribution in [0.25, 0.3) is 0 Å². The lowest BCUT2D eigenvalue weighted by Gasteiger charge is -2.33. The molecule has 1 aromatic heterocycles. The van der Waals surface area contributed by atoms with Gasteiger partial charge in [0.05, 0.1) is 17.0 Å². The predicted octanol–water partition coefficient (Wildman–Crippen LogP) is 1.85. The summed E-state index contributed by atoms with van der Waals surface area (Å²) in [5.74, 6) is -0.0943. The number of thiazole rings is 1. The smallest absolute Gasteiger partial charge is 0.314 e. The zero-order valence-electron chi connectivity index (χ0n) is 10.6. The Kier molecular flexibility index (Phi) is 5.08. The molecule has 0 spiro atoms. The number of rotatable bonds is 6. The normalized spacial score (nSPS) is 14.6. The van der Waals surface area contributed by atoms with Crippen LogP contribution in [0.2, 0.25) is 0 Å². The SMILES string of the molecule is CCOC(=O)C(CN)(Cc1nccs1)C(C)C. The van der Waals surface area contributed by atoms with Crippen LogP contribution in [-0.4, -0.2) is 24.1 Å². The van der Waals surface area contributed by atoms with Crippen molar-refractivity contribution >= 4 is 17.3 Å². The molecule has 0 fully saturated rings. The van der Waals surface area contributed by atoms with E-state index in [2.05, 4.69) is 4.98 Å². The van der Waals surface area contributed by atoms with Gasteiger partial charge in [0.25, 0.3) is 0 Å². The van der Waals surface area contributed by atoms with Crippen LogP contribution in [0.15, 0.2) is 11.6 Å². The molecule has 5 heteroatoms. The van der Waals surface area contributed by atoms with Crippen molar-refractivity contribution in [3.8, 4) is 0 Å². The summed E-state index contributed by atoms with van der Waals surface area (Å²) in [6.45, 7) is 6.46. The van der Waals surface area contributed by atoms with E-state index in [4.69, 9.17) is 10.5 Å². The van der Waals surface area contributed by atoms with E-state index in [1.54, 1.807) is 17.5 Å². The van der Waals surface area contributed by atoms with Gasteiger partial charge in [-0.05, 0) is 12.8 Å². The molecular formula is C12H20N2O2S. The fourth-order valence-electron chi connectivity index (χ4n) is 1.79. The van der Waals surface area contributed by atoms with Crippen molar-refractivity contribution in [2.75, 3.05) is 13.2 Å². The number of aromatic nitrogens is 1. The number of ether oxygens (including phenoxy) is 1. The Bertz CT molecular complexity index is 351. The molecule has 0 amide bonds. The Labute approximate surface area is 106 Å². The third kappa shape index (κ3) is 3.04. The summed E-state index contributed by atoms with van der Waals surface area (Å²) in [4.78, 5) is 16.4. The minimum atomic E-state index is -0.659. The first-order valence-corrected chi connectivity index (χ1v) is 6.70. The number of hydrogen-bond donors (Lipinski definition) is 1. The van der Waals surface area contributed by atoms with E-state index in [9.17, 15) is 4.79 Å². The Morgan fingerprint density at radius 2 is 2.35 bits per heavy atom.